The minimum absolute atomic E-state index is 0.200. The Morgan fingerprint density at radius 2 is 1.71 bits per heavy atom. The smallest absolute Gasteiger partial charge is 0.256 e. The Kier molecular flexibility index (Phi) is 7.05. The minimum Gasteiger partial charge on any atom is -0.322 e. The van der Waals surface area contributed by atoms with Crippen molar-refractivity contribution < 1.29 is 9.59 Å². The van der Waals surface area contributed by atoms with Crippen LogP contribution in [0.4, 0.5) is 11.5 Å². The number of anilines is 2. The van der Waals surface area contributed by atoms with Crippen LogP contribution in [0.1, 0.15) is 24.2 Å². The van der Waals surface area contributed by atoms with E-state index in [-0.39, 0.29) is 11.8 Å². The number of halogens is 1. The lowest BCUT2D eigenvalue weighted by atomic mass is 10.1. The summed E-state index contributed by atoms with van der Waals surface area (Å²) in [6.45, 7) is 3.50. The van der Waals surface area contributed by atoms with E-state index in [0.29, 0.717) is 33.4 Å². The number of carbonyl (C=O) groups is 2. The highest BCUT2D eigenvalue weighted by molar-refractivity contribution is 6.29. The van der Waals surface area contributed by atoms with Crippen molar-refractivity contribution in [2.45, 2.75) is 13.8 Å². The fraction of sp³-hybridized carbons (Fsp3) is 0.125. The Hall–Kier alpha value is -3.64. The third-order valence-electron chi connectivity index (χ3n) is 4.52. The molecule has 3 aromatic rings. The molecule has 2 N–H and O–H groups in total. The van der Waals surface area contributed by atoms with E-state index in [0.717, 1.165) is 5.56 Å². The highest BCUT2D eigenvalue weighted by atomic mass is 35.5. The molecule has 0 fully saturated rings. The molecule has 158 valence electrons. The molecule has 2 aromatic carbocycles. The van der Waals surface area contributed by atoms with Gasteiger partial charge in [-0.15, -0.1) is 0 Å². The maximum atomic E-state index is 12.4. The fourth-order valence-electron chi connectivity index (χ4n) is 2.93. The topological polar surface area (TPSA) is 76.0 Å². The number of carbonyl (C=O) groups excluding carboxylic acids is 2. The zero-order chi connectivity index (χ0) is 22.4. The Morgan fingerprint density at radius 3 is 2.32 bits per heavy atom. The highest BCUT2D eigenvalue weighted by Gasteiger charge is 2.12. The second kappa shape index (κ2) is 9.91. The van der Waals surface area contributed by atoms with E-state index in [2.05, 4.69) is 15.7 Å². The first-order chi connectivity index (χ1) is 14.9. The number of hydrogen-bond acceptors (Lipinski definition) is 3. The van der Waals surface area contributed by atoms with Gasteiger partial charge in [0.15, 0.2) is 0 Å². The van der Waals surface area contributed by atoms with Gasteiger partial charge in [-0.05, 0) is 44.2 Å². The lowest BCUT2D eigenvalue weighted by Crippen LogP contribution is -2.14. The van der Waals surface area contributed by atoms with Gasteiger partial charge in [0.2, 0.25) is 0 Å². The number of allylic oxidation sites excluding steroid dienone is 2. The van der Waals surface area contributed by atoms with Crippen LogP contribution in [0.5, 0.6) is 0 Å². The molecule has 1 aromatic heterocycles. The molecule has 7 heteroatoms. The molecule has 0 aliphatic rings. The van der Waals surface area contributed by atoms with E-state index in [9.17, 15) is 9.59 Å². The molecule has 0 unspecified atom stereocenters. The van der Waals surface area contributed by atoms with E-state index in [4.69, 9.17) is 11.6 Å². The van der Waals surface area contributed by atoms with Gasteiger partial charge in [0.05, 0.1) is 5.69 Å². The SMILES string of the molecule is C/C=C(\C=C(/C)Cl)C(=O)Nc1ccc(-c2cc(NC(=O)c3ccccc3)n(C)n2)cc1. The summed E-state index contributed by atoms with van der Waals surface area (Å²) in [7, 11) is 1.77. The van der Waals surface area contributed by atoms with E-state index < -0.39 is 0 Å². The Morgan fingerprint density at radius 1 is 1.03 bits per heavy atom. The number of nitrogens with one attached hydrogen (secondary N) is 2. The molecule has 3 rings (SSSR count). The predicted octanol–water partition coefficient (Wildman–Crippen LogP) is 5.37. The normalized spacial score (nSPS) is 11.9. The molecule has 0 saturated heterocycles. The lowest BCUT2D eigenvalue weighted by Gasteiger charge is -2.06. The largest absolute Gasteiger partial charge is 0.322 e. The van der Waals surface area contributed by atoms with Crippen LogP contribution in [0, 0.1) is 0 Å². The van der Waals surface area contributed by atoms with Gasteiger partial charge in [0.25, 0.3) is 11.8 Å². The quantitative estimate of drug-likeness (QED) is 0.404. The number of hydrogen-bond donors (Lipinski definition) is 2. The predicted molar refractivity (Wildman–Crippen MR) is 125 cm³/mol. The standard InChI is InChI=1S/C24H23ClN4O2/c1-4-17(14-16(2)25)23(30)26-20-12-10-18(11-13-20)21-15-22(29(3)28-21)27-24(31)19-8-6-5-7-9-19/h4-15H,1-3H3,(H,26,30)(H,27,31)/b16-14+,17-4+. The molecular formula is C24H23ClN4O2. The second-order valence-corrected chi connectivity index (χ2v) is 7.46. The zero-order valence-corrected chi connectivity index (χ0v) is 18.3. The van der Waals surface area contributed by atoms with Crippen LogP contribution in [-0.4, -0.2) is 21.6 Å². The van der Waals surface area contributed by atoms with Gasteiger partial charge >= 0.3 is 0 Å². The summed E-state index contributed by atoms with van der Waals surface area (Å²) in [6.07, 6.45) is 3.32. The fourth-order valence-corrected chi connectivity index (χ4v) is 3.04. The van der Waals surface area contributed by atoms with Crippen molar-refractivity contribution in [3.8, 4) is 11.3 Å². The highest BCUT2D eigenvalue weighted by Crippen LogP contribution is 2.24. The molecular weight excluding hydrogens is 412 g/mol. The van der Waals surface area contributed by atoms with Crippen LogP contribution in [0.25, 0.3) is 11.3 Å². The molecule has 0 aliphatic carbocycles. The van der Waals surface area contributed by atoms with Crippen molar-refractivity contribution >= 4 is 34.9 Å². The van der Waals surface area contributed by atoms with Crippen LogP contribution in [0.2, 0.25) is 0 Å². The van der Waals surface area contributed by atoms with Gasteiger partial charge in [-0.1, -0.05) is 48.0 Å². The van der Waals surface area contributed by atoms with Crippen LogP contribution < -0.4 is 10.6 Å². The second-order valence-electron chi connectivity index (χ2n) is 6.87. The first-order valence-corrected chi connectivity index (χ1v) is 10.1. The Balaban J connectivity index is 1.72. The number of benzene rings is 2. The van der Waals surface area contributed by atoms with Crippen molar-refractivity contribution in [1.82, 2.24) is 9.78 Å². The van der Waals surface area contributed by atoms with E-state index >= 15 is 0 Å². The third kappa shape index (κ3) is 5.71. The molecule has 0 saturated carbocycles. The average Bonchev–Trinajstić information content (AvgIpc) is 3.13. The maximum Gasteiger partial charge on any atom is 0.256 e. The van der Waals surface area contributed by atoms with Gasteiger partial charge in [0.1, 0.15) is 5.82 Å². The van der Waals surface area contributed by atoms with Crippen molar-refractivity contribution in [2.24, 2.45) is 7.05 Å². The monoisotopic (exact) mass is 434 g/mol. The minimum atomic E-state index is -0.237. The Bertz CT molecular complexity index is 1140. The Labute approximate surface area is 186 Å². The van der Waals surface area contributed by atoms with Gasteiger partial charge < -0.3 is 10.6 Å². The van der Waals surface area contributed by atoms with Crippen LogP contribution >= 0.6 is 11.6 Å². The number of amides is 2. The molecule has 31 heavy (non-hydrogen) atoms. The van der Waals surface area contributed by atoms with E-state index in [1.807, 2.05) is 30.3 Å². The zero-order valence-electron chi connectivity index (χ0n) is 17.5. The first-order valence-electron chi connectivity index (χ1n) is 9.69. The third-order valence-corrected chi connectivity index (χ3v) is 4.63. The summed E-state index contributed by atoms with van der Waals surface area (Å²) in [5.41, 5.74) is 3.28. The van der Waals surface area contributed by atoms with Gasteiger partial charge in [-0.3, -0.25) is 14.3 Å². The van der Waals surface area contributed by atoms with Crippen molar-refractivity contribution in [3.63, 3.8) is 0 Å². The van der Waals surface area contributed by atoms with Gasteiger partial charge in [0, 0.05) is 40.5 Å². The molecule has 0 aliphatic heterocycles. The van der Waals surface area contributed by atoms with E-state index in [1.165, 1.54) is 0 Å². The molecule has 0 bridgehead atoms. The summed E-state index contributed by atoms with van der Waals surface area (Å²) >= 11 is 5.87. The molecule has 2 amide bonds. The van der Waals surface area contributed by atoms with Crippen LogP contribution in [0.15, 0.2) is 83.4 Å². The van der Waals surface area contributed by atoms with Crippen molar-refractivity contribution in [3.05, 3.63) is 89.0 Å². The average molecular weight is 435 g/mol. The molecule has 1 heterocycles. The molecule has 0 spiro atoms. The van der Waals surface area contributed by atoms with Crippen molar-refractivity contribution in [1.29, 1.82) is 0 Å². The number of nitrogens with zero attached hydrogens (tertiary/aromatic N) is 2. The number of rotatable bonds is 6. The van der Waals surface area contributed by atoms with Crippen LogP contribution in [-0.2, 0) is 11.8 Å². The number of aromatic nitrogens is 2. The molecule has 0 atom stereocenters. The number of aryl methyl sites for hydroxylation is 1. The molecule has 0 radical (unpaired) electrons. The maximum absolute atomic E-state index is 12.4. The van der Waals surface area contributed by atoms with Gasteiger partial charge in [-0.25, -0.2) is 0 Å². The summed E-state index contributed by atoms with van der Waals surface area (Å²) in [5.74, 6) is 0.149. The van der Waals surface area contributed by atoms with Gasteiger partial charge in [-0.2, -0.15) is 5.10 Å². The summed E-state index contributed by atoms with van der Waals surface area (Å²) < 4.78 is 1.62. The summed E-state index contributed by atoms with van der Waals surface area (Å²) in [4.78, 5) is 24.8. The van der Waals surface area contributed by atoms with Crippen molar-refractivity contribution in [2.75, 3.05) is 10.6 Å². The van der Waals surface area contributed by atoms with Crippen LogP contribution in [0.3, 0.4) is 0 Å². The summed E-state index contributed by atoms with van der Waals surface area (Å²) in [5, 5.41) is 10.7. The lowest BCUT2D eigenvalue weighted by molar-refractivity contribution is -0.112. The molecule has 6 nitrogen and oxygen atoms in total. The first kappa shape index (κ1) is 22.1. The van der Waals surface area contributed by atoms with E-state index in [1.54, 1.807) is 68.1 Å². The summed E-state index contributed by atoms with van der Waals surface area (Å²) in [6, 6.07) is 18.1.